The highest BCUT2D eigenvalue weighted by atomic mass is 14.6. The van der Waals surface area contributed by atoms with Crippen LogP contribution in [-0.4, -0.2) is 12.0 Å². The molecular formula is C14H20N2. The number of rotatable bonds is 0. The number of nitrogens with zero attached hydrogens (tertiary/aromatic N) is 1. The largest absolute Gasteiger partial charge is 0.333 e. The third-order valence-electron chi connectivity index (χ3n) is 2.47. The minimum atomic E-state index is 0.212. The molecule has 0 atom stereocenters. The molecule has 0 saturated carbocycles. The molecule has 0 fully saturated rings. The summed E-state index contributed by atoms with van der Waals surface area (Å²) >= 11 is 0. The van der Waals surface area contributed by atoms with Gasteiger partial charge < -0.3 is 5.73 Å². The average molecular weight is 216 g/mol. The Bertz CT molecular complexity index is 455. The van der Waals surface area contributed by atoms with Crippen molar-refractivity contribution in [3.8, 4) is 0 Å². The lowest BCUT2D eigenvalue weighted by Crippen LogP contribution is -2.10. The predicted molar refractivity (Wildman–Crippen MR) is 70.6 cm³/mol. The quantitative estimate of drug-likeness (QED) is 0.735. The van der Waals surface area contributed by atoms with Crippen LogP contribution in [0, 0.1) is 0 Å². The summed E-state index contributed by atoms with van der Waals surface area (Å²) in [7, 11) is 1.50. The Hall–Kier alpha value is -1.41. The van der Waals surface area contributed by atoms with Crippen LogP contribution >= 0.6 is 0 Å². The molecule has 0 aliphatic heterocycles. The van der Waals surface area contributed by atoms with E-state index in [9.17, 15) is 0 Å². The Kier molecular flexibility index (Phi) is 4.02. The summed E-state index contributed by atoms with van der Waals surface area (Å²) < 4.78 is 0. The maximum atomic E-state index is 4.50. The summed E-state index contributed by atoms with van der Waals surface area (Å²) in [5.41, 5.74) is 7.14. The highest BCUT2D eigenvalue weighted by Crippen LogP contribution is 2.24. The molecule has 0 saturated heterocycles. The zero-order valence-electron chi connectivity index (χ0n) is 10.5. The molecule has 0 aliphatic rings. The Morgan fingerprint density at radius 1 is 1.06 bits per heavy atom. The van der Waals surface area contributed by atoms with E-state index in [4.69, 9.17) is 0 Å². The number of pyridine rings is 1. The highest BCUT2D eigenvalue weighted by Gasteiger charge is 2.13. The Morgan fingerprint density at radius 2 is 1.75 bits per heavy atom. The molecule has 0 aliphatic carbocycles. The minimum absolute atomic E-state index is 0.212. The standard InChI is InChI=1S/C13H15N.CH5N/c1-13(2,3)11-6-7-12-10(9-11)5-4-8-14-12;1-2/h4-9H,1-3H3;2H2,1H3. The normalized spacial score (nSPS) is 10.8. The zero-order chi connectivity index (χ0) is 12.2. The summed E-state index contributed by atoms with van der Waals surface area (Å²) in [6.07, 6.45) is 1.83. The van der Waals surface area contributed by atoms with Gasteiger partial charge in [0.25, 0.3) is 0 Å². The predicted octanol–water partition coefficient (Wildman–Crippen LogP) is 3.11. The zero-order valence-corrected chi connectivity index (χ0v) is 10.5. The van der Waals surface area contributed by atoms with E-state index in [1.165, 1.54) is 18.0 Å². The van der Waals surface area contributed by atoms with Crippen LogP contribution in [-0.2, 0) is 5.41 Å². The first-order chi connectivity index (χ1) is 7.57. The van der Waals surface area contributed by atoms with E-state index in [1.54, 1.807) is 0 Å². The molecule has 1 aromatic carbocycles. The van der Waals surface area contributed by atoms with Crippen molar-refractivity contribution in [3.63, 3.8) is 0 Å². The van der Waals surface area contributed by atoms with Gasteiger partial charge in [0.1, 0.15) is 0 Å². The average Bonchev–Trinajstić information content (AvgIpc) is 2.30. The fourth-order valence-electron chi connectivity index (χ4n) is 1.54. The number of aromatic nitrogens is 1. The molecule has 1 heterocycles. The lowest BCUT2D eigenvalue weighted by Gasteiger charge is -2.19. The lowest BCUT2D eigenvalue weighted by molar-refractivity contribution is 0.591. The van der Waals surface area contributed by atoms with E-state index in [1.807, 2.05) is 12.3 Å². The molecule has 0 bridgehead atoms. The molecule has 0 spiro atoms. The van der Waals surface area contributed by atoms with E-state index in [2.05, 4.69) is 55.8 Å². The van der Waals surface area contributed by atoms with Gasteiger partial charge in [0.15, 0.2) is 0 Å². The second kappa shape index (κ2) is 5.08. The highest BCUT2D eigenvalue weighted by molar-refractivity contribution is 5.79. The van der Waals surface area contributed by atoms with Crippen molar-refractivity contribution < 1.29 is 0 Å². The Morgan fingerprint density at radius 3 is 2.38 bits per heavy atom. The Balaban J connectivity index is 0.000000606. The fraction of sp³-hybridized carbons (Fsp3) is 0.357. The number of hydrogen-bond donors (Lipinski definition) is 1. The topological polar surface area (TPSA) is 38.9 Å². The van der Waals surface area contributed by atoms with Crippen molar-refractivity contribution in [2.24, 2.45) is 5.73 Å². The molecule has 2 N–H and O–H groups in total. The monoisotopic (exact) mass is 216 g/mol. The van der Waals surface area contributed by atoms with Crippen LogP contribution in [0.5, 0.6) is 0 Å². The second-order valence-electron chi connectivity index (χ2n) is 4.66. The minimum Gasteiger partial charge on any atom is -0.333 e. The summed E-state index contributed by atoms with van der Waals surface area (Å²) in [5.74, 6) is 0. The van der Waals surface area contributed by atoms with E-state index in [0.717, 1.165) is 5.52 Å². The molecule has 0 unspecified atom stereocenters. The molecule has 2 rings (SSSR count). The van der Waals surface area contributed by atoms with Crippen LogP contribution in [0.2, 0.25) is 0 Å². The molecule has 2 nitrogen and oxygen atoms in total. The molecule has 2 aromatic rings. The van der Waals surface area contributed by atoms with Crippen molar-refractivity contribution in [1.82, 2.24) is 4.98 Å². The van der Waals surface area contributed by atoms with Crippen LogP contribution in [0.3, 0.4) is 0 Å². The maximum absolute atomic E-state index is 4.50. The lowest BCUT2D eigenvalue weighted by atomic mass is 9.86. The molecule has 0 radical (unpaired) electrons. The van der Waals surface area contributed by atoms with E-state index < -0.39 is 0 Å². The molecule has 1 aromatic heterocycles. The number of nitrogens with two attached hydrogens (primary N) is 1. The van der Waals surface area contributed by atoms with Crippen molar-refractivity contribution in [2.45, 2.75) is 26.2 Å². The summed E-state index contributed by atoms with van der Waals surface area (Å²) in [6.45, 7) is 6.68. The van der Waals surface area contributed by atoms with Gasteiger partial charge in [-0.15, -0.1) is 0 Å². The Labute approximate surface area is 97.5 Å². The van der Waals surface area contributed by atoms with Gasteiger partial charge >= 0.3 is 0 Å². The van der Waals surface area contributed by atoms with Crippen molar-refractivity contribution >= 4 is 10.9 Å². The van der Waals surface area contributed by atoms with Crippen LogP contribution in [0.25, 0.3) is 10.9 Å². The number of hydrogen-bond acceptors (Lipinski definition) is 2. The van der Waals surface area contributed by atoms with Gasteiger partial charge in [-0.05, 0) is 36.2 Å². The van der Waals surface area contributed by atoms with Gasteiger partial charge in [0.2, 0.25) is 0 Å². The summed E-state index contributed by atoms with van der Waals surface area (Å²) in [6, 6.07) is 10.6. The smallest absolute Gasteiger partial charge is 0.0702 e. The molecule has 2 heteroatoms. The maximum Gasteiger partial charge on any atom is 0.0702 e. The van der Waals surface area contributed by atoms with Crippen LogP contribution in [0.15, 0.2) is 36.5 Å². The third kappa shape index (κ3) is 2.80. The number of benzene rings is 1. The second-order valence-corrected chi connectivity index (χ2v) is 4.66. The van der Waals surface area contributed by atoms with Crippen molar-refractivity contribution in [2.75, 3.05) is 7.05 Å². The fourth-order valence-corrected chi connectivity index (χ4v) is 1.54. The molecule has 86 valence electrons. The first-order valence-electron chi connectivity index (χ1n) is 5.50. The number of fused-ring (bicyclic) bond motifs is 1. The van der Waals surface area contributed by atoms with Crippen molar-refractivity contribution in [1.29, 1.82) is 0 Å². The van der Waals surface area contributed by atoms with E-state index >= 15 is 0 Å². The van der Waals surface area contributed by atoms with Gasteiger partial charge in [-0.2, -0.15) is 0 Å². The first kappa shape index (κ1) is 12.7. The van der Waals surface area contributed by atoms with Gasteiger partial charge in [-0.3, -0.25) is 4.98 Å². The SMILES string of the molecule is CC(C)(C)c1ccc2ncccc2c1.CN. The molecule has 0 amide bonds. The summed E-state index contributed by atoms with van der Waals surface area (Å²) in [4.78, 5) is 4.30. The first-order valence-corrected chi connectivity index (χ1v) is 5.50. The van der Waals surface area contributed by atoms with Crippen LogP contribution in [0.4, 0.5) is 0 Å². The van der Waals surface area contributed by atoms with E-state index in [-0.39, 0.29) is 5.41 Å². The third-order valence-corrected chi connectivity index (χ3v) is 2.47. The van der Waals surface area contributed by atoms with Crippen molar-refractivity contribution in [3.05, 3.63) is 42.1 Å². The van der Waals surface area contributed by atoms with Gasteiger partial charge in [-0.1, -0.05) is 32.9 Å². The van der Waals surface area contributed by atoms with Crippen LogP contribution in [0.1, 0.15) is 26.3 Å². The van der Waals surface area contributed by atoms with E-state index in [0.29, 0.717) is 0 Å². The molecule has 16 heavy (non-hydrogen) atoms. The van der Waals surface area contributed by atoms with Crippen LogP contribution < -0.4 is 5.73 Å². The van der Waals surface area contributed by atoms with Gasteiger partial charge in [0, 0.05) is 11.6 Å². The van der Waals surface area contributed by atoms with Gasteiger partial charge in [-0.25, -0.2) is 0 Å². The molecular weight excluding hydrogens is 196 g/mol. The van der Waals surface area contributed by atoms with Gasteiger partial charge in [0.05, 0.1) is 5.52 Å². The summed E-state index contributed by atoms with van der Waals surface area (Å²) in [5, 5.41) is 1.22.